The fourth-order valence-corrected chi connectivity index (χ4v) is 2.02. The number of aromatic amines is 1. The van der Waals surface area contributed by atoms with E-state index in [1.807, 2.05) is 0 Å². The van der Waals surface area contributed by atoms with E-state index >= 15 is 0 Å². The summed E-state index contributed by atoms with van der Waals surface area (Å²) in [7, 11) is 7.19. The number of nitrogens with zero attached hydrogens (tertiary/aromatic N) is 2. The number of aromatic nitrogens is 3. The average Bonchev–Trinajstić information content (AvgIpc) is 2.82. The molecule has 5 N–H and O–H groups in total. The van der Waals surface area contributed by atoms with Gasteiger partial charge in [0.15, 0.2) is 7.85 Å². The number of aliphatic hydroxyl groups excluding tert-OH is 3. The number of nitrogens with one attached hydrogen (secondary N) is 2. The van der Waals surface area contributed by atoms with Crippen molar-refractivity contribution in [2.24, 2.45) is 0 Å². The minimum atomic E-state index is -1.25. The molecule has 7 nitrogen and oxygen atoms in total. The predicted octanol–water partition coefficient (Wildman–Crippen LogP) is -2.27. The molecule has 0 amide bonds. The number of aliphatic hydroxyl groups is 3. The molecule has 0 spiro atoms. The van der Waals surface area contributed by atoms with Crippen molar-refractivity contribution in [1.82, 2.24) is 20.3 Å². The number of H-pyrrole nitrogens is 1. The average molecular weight is 262 g/mol. The van der Waals surface area contributed by atoms with Crippen LogP contribution in [0.1, 0.15) is 11.6 Å². The third-order valence-corrected chi connectivity index (χ3v) is 3.03. The van der Waals surface area contributed by atoms with E-state index in [0.29, 0.717) is 16.6 Å². The highest BCUT2D eigenvalue weighted by molar-refractivity contribution is 6.29. The molecule has 0 aliphatic carbocycles. The maximum absolute atomic E-state index is 10.0. The van der Waals surface area contributed by atoms with Crippen molar-refractivity contribution in [3.63, 3.8) is 0 Å². The van der Waals surface area contributed by atoms with Crippen molar-refractivity contribution in [2.45, 2.75) is 18.2 Å². The summed E-state index contributed by atoms with van der Waals surface area (Å²) in [5.74, 6) is 0. The lowest BCUT2D eigenvalue weighted by Gasteiger charge is -2.25. The van der Waals surface area contributed by atoms with Crippen LogP contribution in [0.5, 0.6) is 0 Å². The molecule has 0 saturated heterocycles. The summed E-state index contributed by atoms with van der Waals surface area (Å²) in [4.78, 5) is 10.9. The molecule has 2 heterocycles. The summed E-state index contributed by atoms with van der Waals surface area (Å²) >= 11 is 0. The van der Waals surface area contributed by atoms with Gasteiger partial charge in [-0.3, -0.25) is 4.98 Å². The smallest absolute Gasteiger partial charge is 0.170 e. The number of likely N-dealkylation sites (N-methyl/N-ethyl adjacent to an activating group) is 1. The SMILES string of the molecule is [B]c1ncc2[nH]cc([C@H](NC)C(O)[C@@H](O)CO)c2n1. The molecule has 0 aliphatic rings. The van der Waals surface area contributed by atoms with Crippen LogP contribution in [0.15, 0.2) is 12.4 Å². The first-order chi connectivity index (χ1) is 9.08. The molecular formula is C11H15BN4O3. The van der Waals surface area contributed by atoms with Gasteiger partial charge in [-0.25, -0.2) is 4.98 Å². The van der Waals surface area contributed by atoms with E-state index in [1.54, 1.807) is 19.4 Å². The standard InChI is InChI=1S/C11H15BN4O3/c1-13-9(10(19)7(18)4-17)5-2-14-6-3-15-11(12)16-8(5)6/h2-3,7,9-10,13-14,17-19H,4H2,1H3/t7-,9-,10?/m0/s1. The van der Waals surface area contributed by atoms with Crippen LogP contribution in [-0.2, 0) is 0 Å². The number of hydrogen-bond donors (Lipinski definition) is 5. The normalized spacial score (nSPS) is 16.4. The molecular weight excluding hydrogens is 247 g/mol. The minimum absolute atomic E-state index is 0.125. The van der Waals surface area contributed by atoms with Crippen molar-refractivity contribution in [1.29, 1.82) is 0 Å². The molecule has 0 aromatic carbocycles. The summed E-state index contributed by atoms with van der Waals surface area (Å²) in [6, 6.07) is -0.592. The van der Waals surface area contributed by atoms with Crippen molar-refractivity contribution in [3.05, 3.63) is 18.0 Å². The van der Waals surface area contributed by atoms with Gasteiger partial charge >= 0.3 is 0 Å². The van der Waals surface area contributed by atoms with Gasteiger partial charge in [-0.05, 0) is 7.05 Å². The zero-order valence-electron chi connectivity index (χ0n) is 10.4. The van der Waals surface area contributed by atoms with Gasteiger partial charge in [0.05, 0.1) is 35.6 Å². The highest BCUT2D eigenvalue weighted by atomic mass is 16.4. The molecule has 2 aromatic rings. The monoisotopic (exact) mass is 262 g/mol. The van der Waals surface area contributed by atoms with E-state index in [2.05, 4.69) is 20.3 Å². The van der Waals surface area contributed by atoms with Crippen LogP contribution in [0.2, 0.25) is 0 Å². The molecule has 1 unspecified atom stereocenters. The summed E-state index contributed by atoms with van der Waals surface area (Å²) < 4.78 is 0. The van der Waals surface area contributed by atoms with Crippen molar-refractivity contribution in [2.75, 3.05) is 13.7 Å². The van der Waals surface area contributed by atoms with Crippen LogP contribution in [0.3, 0.4) is 0 Å². The maximum Gasteiger partial charge on any atom is 0.170 e. The van der Waals surface area contributed by atoms with E-state index in [0.717, 1.165) is 0 Å². The summed E-state index contributed by atoms with van der Waals surface area (Å²) in [5.41, 5.74) is 2.01. The molecule has 3 atom stereocenters. The molecule has 0 saturated carbocycles. The molecule has 0 bridgehead atoms. The Morgan fingerprint density at radius 1 is 1.47 bits per heavy atom. The second-order valence-corrected chi connectivity index (χ2v) is 4.24. The van der Waals surface area contributed by atoms with Crippen molar-refractivity contribution in [3.8, 4) is 0 Å². The molecule has 8 heteroatoms. The Bertz CT molecular complexity index is 562. The van der Waals surface area contributed by atoms with E-state index in [4.69, 9.17) is 13.0 Å². The van der Waals surface area contributed by atoms with Gasteiger partial charge in [0, 0.05) is 11.8 Å². The first-order valence-corrected chi connectivity index (χ1v) is 5.82. The first-order valence-electron chi connectivity index (χ1n) is 5.82. The zero-order valence-corrected chi connectivity index (χ0v) is 10.4. The lowest BCUT2D eigenvalue weighted by molar-refractivity contribution is -0.0312. The quantitative estimate of drug-likeness (QED) is 0.388. The van der Waals surface area contributed by atoms with E-state index in [-0.39, 0.29) is 5.72 Å². The molecule has 100 valence electrons. The molecule has 0 fully saturated rings. The van der Waals surface area contributed by atoms with Crippen LogP contribution in [-0.4, -0.2) is 64.0 Å². The Labute approximate surface area is 111 Å². The third-order valence-electron chi connectivity index (χ3n) is 3.03. The Balaban J connectivity index is 2.43. The third kappa shape index (κ3) is 2.61. The lowest BCUT2D eigenvalue weighted by Crippen LogP contribution is -2.40. The highest BCUT2D eigenvalue weighted by Gasteiger charge is 2.28. The van der Waals surface area contributed by atoms with Gasteiger partial charge in [-0.15, -0.1) is 0 Å². The van der Waals surface area contributed by atoms with Gasteiger partial charge < -0.3 is 25.6 Å². The van der Waals surface area contributed by atoms with Crippen LogP contribution >= 0.6 is 0 Å². The Morgan fingerprint density at radius 2 is 2.21 bits per heavy atom. The second-order valence-electron chi connectivity index (χ2n) is 4.24. The topological polar surface area (TPSA) is 114 Å². The molecule has 2 aromatic heterocycles. The zero-order chi connectivity index (χ0) is 14.0. The van der Waals surface area contributed by atoms with Crippen LogP contribution in [0.4, 0.5) is 0 Å². The van der Waals surface area contributed by atoms with Crippen molar-refractivity contribution < 1.29 is 15.3 Å². The molecule has 19 heavy (non-hydrogen) atoms. The summed E-state index contributed by atoms with van der Waals surface area (Å²) in [6.45, 7) is -0.529. The van der Waals surface area contributed by atoms with Crippen LogP contribution < -0.4 is 11.0 Å². The summed E-state index contributed by atoms with van der Waals surface area (Å²) in [6.07, 6.45) is 0.780. The van der Waals surface area contributed by atoms with Gasteiger partial charge in [0.2, 0.25) is 0 Å². The number of hydrogen-bond acceptors (Lipinski definition) is 6. The van der Waals surface area contributed by atoms with Crippen molar-refractivity contribution >= 4 is 24.6 Å². The fraction of sp³-hybridized carbons (Fsp3) is 0.455. The van der Waals surface area contributed by atoms with Crippen LogP contribution in [0.25, 0.3) is 11.0 Å². The molecule has 2 radical (unpaired) electrons. The lowest BCUT2D eigenvalue weighted by atomic mass is 9.99. The molecule has 2 rings (SSSR count). The largest absolute Gasteiger partial charge is 0.394 e. The fourth-order valence-electron chi connectivity index (χ4n) is 2.02. The first kappa shape index (κ1) is 13.9. The van der Waals surface area contributed by atoms with E-state index in [1.165, 1.54) is 0 Å². The minimum Gasteiger partial charge on any atom is -0.394 e. The van der Waals surface area contributed by atoms with Crippen LogP contribution in [0, 0.1) is 0 Å². The number of fused-ring (bicyclic) bond motifs is 1. The second kappa shape index (κ2) is 5.66. The Hall–Kier alpha value is -1.48. The highest BCUT2D eigenvalue weighted by Crippen LogP contribution is 2.24. The molecule has 0 aliphatic heterocycles. The Kier molecular flexibility index (Phi) is 4.15. The summed E-state index contributed by atoms with van der Waals surface area (Å²) in [5, 5.41) is 31.4. The van der Waals surface area contributed by atoms with Gasteiger partial charge in [0.25, 0.3) is 0 Å². The van der Waals surface area contributed by atoms with E-state index in [9.17, 15) is 10.2 Å². The van der Waals surface area contributed by atoms with Gasteiger partial charge in [0.1, 0.15) is 12.2 Å². The Morgan fingerprint density at radius 3 is 2.84 bits per heavy atom. The number of rotatable bonds is 5. The van der Waals surface area contributed by atoms with Gasteiger partial charge in [-0.2, -0.15) is 0 Å². The maximum atomic E-state index is 10.0. The van der Waals surface area contributed by atoms with E-state index < -0.39 is 24.9 Å². The predicted molar refractivity (Wildman–Crippen MR) is 70.2 cm³/mol. The van der Waals surface area contributed by atoms with Gasteiger partial charge in [-0.1, -0.05) is 0 Å².